The van der Waals surface area contributed by atoms with Gasteiger partial charge in [-0.2, -0.15) is 0 Å². The summed E-state index contributed by atoms with van der Waals surface area (Å²) in [7, 11) is 0. The highest BCUT2D eigenvalue weighted by Gasteiger charge is 2.10. The lowest BCUT2D eigenvalue weighted by Gasteiger charge is -2.06. The molecule has 2 aromatic rings. The fourth-order valence-electron chi connectivity index (χ4n) is 1.74. The van der Waals surface area contributed by atoms with E-state index in [1.165, 1.54) is 0 Å². The highest BCUT2D eigenvalue weighted by atomic mass is 16.2. The van der Waals surface area contributed by atoms with E-state index in [4.69, 9.17) is 5.73 Å². The molecular formula is C13H13N3O2. The Morgan fingerprint density at radius 1 is 1.39 bits per heavy atom. The highest BCUT2D eigenvalue weighted by molar-refractivity contribution is 6.07. The fraction of sp³-hybridized carbons (Fsp3) is 0.154. The molecule has 0 fully saturated rings. The molecule has 0 saturated heterocycles. The van der Waals surface area contributed by atoms with Crippen molar-refractivity contribution >= 4 is 11.7 Å². The van der Waals surface area contributed by atoms with Crippen molar-refractivity contribution in [3.8, 4) is 5.69 Å². The summed E-state index contributed by atoms with van der Waals surface area (Å²) < 4.78 is 1.86. The number of imidazole rings is 1. The molecule has 1 aromatic heterocycles. The lowest BCUT2D eigenvalue weighted by Crippen LogP contribution is -2.16. The van der Waals surface area contributed by atoms with Gasteiger partial charge >= 0.3 is 0 Å². The molecule has 92 valence electrons. The Morgan fingerprint density at radius 2 is 2.17 bits per heavy atom. The third-order valence-corrected chi connectivity index (χ3v) is 2.61. The lowest BCUT2D eigenvalue weighted by molar-refractivity contribution is -0.117. The minimum atomic E-state index is -0.621. The topological polar surface area (TPSA) is 78.0 Å². The number of benzene rings is 1. The molecule has 1 aromatic carbocycles. The second-order valence-corrected chi connectivity index (χ2v) is 3.96. The van der Waals surface area contributed by atoms with Crippen LogP contribution in [0.5, 0.6) is 0 Å². The summed E-state index contributed by atoms with van der Waals surface area (Å²) in [5, 5.41) is 0. The van der Waals surface area contributed by atoms with Crippen LogP contribution in [0, 0.1) is 6.92 Å². The number of ketones is 1. The molecule has 0 radical (unpaired) electrons. The number of aryl methyl sites for hydroxylation is 1. The van der Waals surface area contributed by atoms with Gasteiger partial charge in [0.15, 0.2) is 5.78 Å². The summed E-state index contributed by atoms with van der Waals surface area (Å²) in [6.07, 6.45) is 3.23. The first kappa shape index (κ1) is 12.0. The Bertz CT molecular complexity index is 602. The first-order chi connectivity index (χ1) is 8.58. The van der Waals surface area contributed by atoms with Gasteiger partial charge in [0.25, 0.3) is 0 Å². The minimum absolute atomic E-state index is 0.271. The average Bonchev–Trinajstić information content (AvgIpc) is 2.75. The third kappa shape index (κ3) is 2.45. The number of nitrogens with two attached hydrogens (primary N) is 1. The van der Waals surface area contributed by atoms with Crippen molar-refractivity contribution < 1.29 is 9.59 Å². The number of hydrogen-bond acceptors (Lipinski definition) is 3. The molecule has 5 nitrogen and oxygen atoms in total. The van der Waals surface area contributed by atoms with Crippen molar-refractivity contribution in [2.45, 2.75) is 13.3 Å². The van der Waals surface area contributed by atoms with Gasteiger partial charge in [0, 0.05) is 23.6 Å². The predicted octanol–water partition coefficient (Wildman–Crippen LogP) is 1.24. The van der Waals surface area contributed by atoms with Crippen LogP contribution >= 0.6 is 0 Å². The van der Waals surface area contributed by atoms with E-state index in [0.717, 1.165) is 11.5 Å². The molecule has 2 N–H and O–H groups in total. The summed E-state index contributed by atoms with van der Waals surface area (Å²) in [6, 6.07) is 7.03. The maximum atomic E-state index is 11.7. The van der Waals surface area contributed by atoms with Gasteiger partial charge < -0.3 is 10.3 Å². The number of hydrogen-bond donors (Lipinski definition) is 1. The molecule has 0 spiro atoms. The van der Waals surface area contributed by atoms with E-state index >= 15 is 0 Å². The number of carbonyl (C=O) groups excluding carboxylic acids is 2. The average molecular weight is 243 g/mol. The molecule has 18 heavy (non-hydrogen) atoms. The van der Waals surface area contributed by atoms with Crippen LogP contribution in [0.1, 0.15) is 22.6 Å². The van der Waals surface area contributed by atoms with Crippen molar-refractivity contribution in [2.75, 3.05) is 0 Å². The molecule has 0 bridgehead atoms. The molecule has 1 heterocycles. The fourth-order valence-corrected chi connectivity index (χ4v) is 1.74. The van der Waals surface area contributed by atoms with E-state index < -0.39 is 5.91 Å². The van der Waals surface area contributed by atoms with E-state index in [0.29, 0.717) is 5.56 Å². The summed E-state index contributed by atoms with van der Waals surface area (Å²) >= 11 is 0. The number of carbonyl (C=O) groups is 2. The Morgan fingerprint density at radius 3 is 2.78 bits per heavy atom. The van der Waals surface area contributed by atoms with E-state index in [-0.39, 0.29) is 12.2 Å². The Balaban J connectivity index is 2.34. The van der Waals surface area contributed by atoms with Gasteiger partial charge in [-0.1, -0.05) is 12.1 Å². The molecule has 0 aliphatic rings. The molecule has 0 saturated carbocycles. The first-order valence-electron chi connectivity index (χ1n) is 5.50. The minimum Gasteiger partial charge on any atom is -0.369 e. The highest BCUT2D eigenvalue weighted by Crippen LogP contribution is 2.13. The maximum Gasteiger partial charge on any atom is 0.225 e. The number of Topliss-reactive ketones (excluding diaryl/α,β-unsaturated/α-hetero) is 1. The standard InChI is InChI=1S/C13H13N3O2/c1-9-15-5-6-16(9)11-4-2-3-10(7-11)12(17)8-13(14)18/h2-7H,8H2,1H3,(H2,14,18). The lowest BCUT2D eigenvalue weighted by atomic mass is 10.1. The van der Waals surface area contributed by atoms with Crippen molar-refractivity contribution in [2.24, 2.45) is 5.73 Å². The van der Waals surface area contributed by atoms with Gasteiger partial charge in [0.2, 0.25) is 5.91 Å². The molecular weight excluding hydrogens is 230 g/mol. The van der Waals surface area contributed by atoms with Crippen LogP contribution in [-0.4, -0.2) is 21.2 Å². The molecule has 5 heteroatoms. The molecule has 0 aliphatic heterocycles. The van der Waals surface area contributed by atoms with Gasteiger partial charge in [0.1, 0.15) is 5.82 Å². The van der Waals surface area contributed by atoms with E-state index in [9.17, 15) is 9.59 Å². The normalized spacial score (nSPS) is 10.3. The maximum absolute atomic E-state index is 11.7. The Kier molecular flexibility index (Phi) is 3.23. The monoisotopic (exact) mass is 243 g/mol. The third-order valence-electron chi connectivity index (χ3n) is 2.61. The van der Waals surface area contributed by atoms with E-state index in [1.807, 2.05) is 23.8 Å². The number of aromatic nitrogens is 2. The quantitative estimate of drug-likeness (QED) is 0.648. The van der Waals surface area contributed by atoms with Gasteiger partial charge in [-0.05, 0) is 19.1 Å². The van der Waals surface area contributed by atoms with Gasteiger partial charge in [-0.25, -0.2) is 4.98 Å². The molecule has 0 aliphatic carbocycles. The summed E-state index contributed by atoms with van der Waals surface area (Å²) in [5.41, 5.74) is 6.32. The van der Waals surface area contributed by atoms with Gasteiger partial charge in [0.05, 0.1) is 6.42 Å². The summed E-state index contributed by atoms with van der Waals surface area (Å²) in [5.74, 6) is -0.0687. The largest absolute Gasteiger partial charge is 0.369 e. The number of nitrogens with zero attached hydrogens (tertiary/aromatic N) is 2. The zero-order valence-electron chi connectivity index (χ0n) is 9.96. The Labute approximate surface area is 104 Å². The SMILES string of the molecule is Cc1nccn1-c1cccc(C(=O)CC(N)=O)c1. The van der Waals surface area contributed by atoms with Gasteiger partial charge in [-0.15, -0.1) is 0 Å². The number of rotatable bonds is 4. The van der Waals surface area contributed by atoms with Crippen LogP contribution in [0.2, 0.25) is 0 Å². The van der Waals surface area contributed by atoms with Crippen LogP contribution in [0.25, 0.3) is 5.69 Å². The van der Waals surface area contributed by atoms with Crippen LogP contribution in [-0.2, 0) is 4.79 Å². The molecule has 0 unspecified atom stereocenters. The number of primary amides is 1. The predicted molar refractivity (Wildman–Crippen MR) is 66.4 cm³/mol. The second-order valence-electron chi connectivity index (χ2n) is 3.96. The smallest absolute Gasteiger partial charge is 0.225 e. The van der Waals surface area contributed by atoms with Crippen molar-refractivity contribution in [1.29, 1.82) is 0 Å². The van der Waals surface area contributed by atoms with Crippen LogP contribution in [0.15, 0.2) is 36.7 Å². The first-order valence-corrected chi connectivity index (χ1v) is 5.50. The number of amides is 1. The zero-order chi connectivity index (χ0) is 13.1. The molecule has 1 amide bonds. The molecule has 2 rings (SSSR count). The summed E-state index contributed by atoms with van der Waals surface area (Å²) in [6.45, 7) is 1.87. The Hall–Kier alpha value is -2.43. The van der Waals surface area contributed by atoms with Crippen LogP contribution in [0.4, 0.5) is 0 Å². The second kappa shape index (κ2) is 4.83. The summed E-state index contributed by atoms with van der Waals surface area (Å²) in [4.78, 5) is 26.6. The van der Waals surface area contributed by atoms with Gasteiger partial charge in [-0.3, -0.25) is 9.59 Å². The van der Waals surface area contributed by atoms with Crippen LogP contribution < -0.4 is 5.73 Å². The zero-order valence-corrected chi connectivity index (χ0v) is 9.96. The van der Waals surface area contributed by atoms with E-state index in [1.54, 1.807) is 24.4 Å². The van der Waals surface area contributed by atoms with Crippen molar-refractivity contribution in [3.63, 3.8) is 0 Å². The molecule has 0 atom stereocenters. The van der Waals surface area contributed by atoms with E-state index in [2.05, 4.69) is 4.98 Å². The van der Waals surface area contributed by atoms with Crippen molar-refractivity contribution in [1.82, 2.24) is 9.55 Å². The van der Waals surface area contributed by atoms with Crippen molar-refractivity contribution in [3.05, 3.63) is 48.0 Å². The van der Waals surface area contributed by atoms with Crippen LogP contribution in [0.3, 0.4) is 0 Å².